The van der Waals surface area contributed by atoms with E-state index in [4.69, 9.17) is 16.3 Å². The van der Waals surface area contributed by atoms with Crippen LogP contribution in [-0.4, -0.2) is 29.5 Å². The molecule has 0 saturated carbocycles. The molecule has 1 aromatic carbocycles. The molecule has 0 aliphatic carbocycles. The molecule has 166 valence electrons. The van der Waals surface area contributed by atoms with Crippen molar-refractivity contribution in [1.29, 1.82) is 0 Å². The van der Waals surface area contributed by atoms with Crippen LogP contribution in [0.25, 0.3) is 22.2 Å². The highest BCUT2D eigenvalue weighted by atomic mass is 35.5. The van der Waals surface area contributed by atoms with Gasteiger partial charge in [0.15, 0.2) is 17.3 Å². The number of nitrogens with one attached hydrogen (secondary N) is 1. The number of nitrogens with zero attached hydrogens (tertiary/aromatic N) is 6. The molecule has 1 N–H and O–H groups in total. The Balaban J connectivity index is 1.44. The topological polar surface area (TPSA) is 90.6 Å². The maximum atomic E-state index is 15.1. The molecule has 5 rings (SSSR count). The molecule has 0 bridgehead atoms. The van der Waals surface area contributed by atoms with Gasteiger partial charge in [-0.15, -0.1) is 0 Å². The third kappa shape index (κ3) is 3.87. The Morgan fingerprint density at radius 1 is 1.06 bits per heavy atom. The van der Waals surface area contributed by atoms with Crippen LogP contribution in [0.3, 0.4) is 0 Å². The number of ether oxygens (including phenoxy) is 1. The minimum Gasteiger partial charge on any atom is -0.455 e. The normalized spacial score (nSPS) is 11.5. The van der Waals surface area contributed by atoms with Gasteiger partial charge in [0.05, 0.1) is 17.4 Å². The highest BCUT2D eigenvalue weighted by Gasteiger charge is 2.16. The van der Waals surface area contributed by atoms with E-state index in [1.165, 1.54) is 24.7 Å². The molecular formula is C21H13ClF3N7O. The highest BCUT2D eigenvalue weighted by Crippen LogP contribution is 2.33. The van der Waals surface area contributed by atoms with Gasteiger partial charge in [-0.3, -0.25) is 4.57 Å². The number of pyridine rings is 2. The molecule has 5 aromatic rings. The van der Waals surface area contributed by atoms with E-state index in [0.717, 1.165) is 6.33 Å². The average molecular weight is 472 g/mol. The number of fused-ring (bicyclic) bond motifs is 2. The molecule has 0 radical (unpaired) electrons. The molecule has 4 heterocycles. The monoisotopic (exact) mass is 471 g/mol. The predicted octanol–water partition coefficient (Wildman–Crippen LogP) is 5.80. The van der Waals surface area contributed by atoms with E-state index in [-0.39, 0.29) is 39.1 Å². The van der Waals surface area contributed by atoms with Gasteiger partial charge >= 0.3 is 6.55 Å². The van der Waals surface area contributed by atoms with Gasteiger partial charge in [0.25, 0.3) is 0 Å². The van der Waals surface area contributed by atoms with E-state index in [2.05, 4.69) is 30.2 Å². The van der Waals surface area contributed by atoms with Crippen LogP contribution >= 0.6 is 11.6 Å². The number of alkyl halides is 2. The molecule has 8 nitrogen and oxygen atoms in total. The molecule has 0 amide bonds. The largest absolute Gasteiger partial charge is 0.455 e. The lowest BCUT2D eigenvalue weighted by atomic mass is 10.1. The van der Waals surface area contributed by atoms with Crippen molar-refractivity contribution in [3.63, 3.8) is 0 Å². The van der Waals surface area contributed by atoms with Gasteiger partial charge < -0.3 is 10.1 Å². The first-order valence-corrected chi connectivity index (χ1v) is 9.90. The van der Waals surface area contributed by atoms with Crippen molar-refractivity contribution in [2.45, 2.75) is 13.5 Å². The van der Waals surface area contributed by atoms with Gasteiger partial charge in [0.2, 0.25) is 0 Å². The van der Waals surface area contributed by atoms with Crippen molar-refractivity contribution in [3.8, 4) is 11.5 Å². The van der Waals surface area contributed by atoms with E-state index in [0.29, 0.717) is 21.4 Å². The fourth-order valence-electron chi connectivity index (χ4n) is 3.24. The van der Waals surface area contributed by atoms with E-state index in [1.54, 1.807) is 25.1 Å². The number of halogens is 4. The van der Waals surface area contributed by atoms with Gasteiger partial charge in [-0.05, 0) is 31.2 Å². The summed E-state index contributed by atoms with van der Waals surface area (Å²) in [5.74, 6) is 0.170. The molecule has 0 aliphatic rings. The minimum atomic E-state index is -2.76. The van der Waals surface area contributed by atoms with Gasteiger partial charge in [0.1, 0.15) is 40.3 Å². The Morgan fingerprint density at radius 3 is 2.73 bits per heavy atom. The number of imidazole rings is 1. The summed E-state index contributed by atoms with van der Waals surface area (Å²) in [6.07, 6.45) is 3.60. The SMILES string of the molecule is Cc1c(Oc2cnc3c(c2)ncn3C(F)F)ccc(Nc2ncnc3ccc(Cl)nc23)c1F. The Labute approximate surface area is 189 Å². The summed E-state index contributed by atoms with van der Waals surface area (Å²) >= 11 is 5.97. The predicted molar refractivity (Wildman–Crippen MR) is 116 cm³/mol. The zero-order chi connectivity index (χ0) is 23.1. The maximum Gasteiger partial charge on any atom is 0.321 e. The number of hydrogen-bond donors (Lipinski definition) is 1. The lowest BCUT2D eigenvalue weighted by Crippen LogP contribution is -2.02. The molecule has 0 fully saturated rings. The van der Waals surface area contributed by atoms with Crippen molar-refractivity contribution in [2.75, 3.05) is 5.32 Å². The standard InChI is InChI=1S/C21H13ClF3N7O/c1-10-15(33-11-6-14-20(26-7-11)32(9-29-14)21(24)25)4-2-12(17(10)23)30-19-18-13(27-8-28-19)3-5-16(22)31-18/h2-9,21H,1H3,(H,27,28,30). The smallest absolute Gasteiger partial charge is 0.321 e. The second-order valence-electron chi connectivity index (χ2n) is 6.94. The highest BCUT2D eigenvalue weighted by molar-refractivity contribution is 6.29. The van der Waals surface area contributed by atoms with E-state index < -0.39 is 12.4 Å². The Kier molecular flexibility index (Phi) is 5.17. The van der Waals surface area contributed by atoms with E-state index in [9.17, 15) is 8.78 Å². The van der Waals surface area contributed by atoms with Crippen LogP contribution < -0.4 is 10.1 Å². The number of anilines is 2. The second-order valence-corrected chi connectivity index (χ2v) is 7.33. The summed E-state index contributed by atoms with van der Waals surface area (Å²) in [4.78, 5) is 20.3. The number of benzene rings is 1. The zero-order valence-electron chi connectivity index (χ0n) is 16.8. The van der Waals surface area contributed by atoms with Gasteiger partial charge in [-0.2, -0.15) is 8.78 Å². The summed E-state index contributed by atoms with van der Waals surface area (Å²) in [6.45, 7) is -1.22. The molecular weight excluding hydrogens is 459 g/mol. The summed E-state index contributed by atoms with van der Waals surface area (Å²) in [5, 5.41) is 3.17. The Hall–Kier alpha value is -3.99. The fraction of sp³-hybridized carbons (Fsp3) is 0.0952. The number of hydrogen-bond acceptors (Lipinski definition) is 7. The van der Waals surface area contributed by atoms with E-state index in [1.807, 2.05) is 0 Å². The van der Waals surface area contributed by atoms with Crippen LogP contribution in [0.5, 0.6) is 11.5 Å². The molecule has 33 heavy (non-hydrogen) atoms. The van der Waals surface area contributed by atoms with Gasteiger partial charge in [-0.25, -0.2) is 29.3 Å². The summed E-state index contributed by atoms with van der Waals surface area (Å²) in [5.41, 5.74) is 1.54. The van der Waals surface area contributed by atoms with Crippen molar-refractivity contribution in [1.82, 2.24) is 29.5 Å². The van der Waals surface area contributed by atoms with Crippen LogP contribution in [0.1, 0.15) is 12.1 Å². The quantitative estimate of drug-likeness (QED) is 0.324. The summed E-state index contributed by atoms with van der Waals surface area (Å²) in [7, 11) is 0. The third-order valence-electron chi connectivity index (χ3n) is 4.86. The van der Waals surface area contributed by atoms with Crippen LogP contribution in [0, 0.1) is 12.7 Å². The van der Waals surface area contributed by atoms with Crippen LogP contribution in [0.2, 0.25) is 5.15 Å². The fourth-order valence-corrected chi connectivity index (χ4v) is 3.38. The number of aromatic nitrogens is 6. The van der Waals surface area contributed by atoms with Crippen molar-refractivity contribution in [2.24, 2.45) is 0 Å². The van der Waals surface area contributed by atoms with E-state index >= 15 is 4.39 Å². The van der Waals surface area contributed by atoms with Crippen molar-refractivity contribution in [3.05, 3.63) is 65.7 Å². The molecule has 0 atom stereocenters. The van der Waals surface area contributed by atoms with Gasteiger partial charge in [0, 0.05) is 11.6 Å². The molecule has 0 aliphatic heterocycles. The van der Waals surface area contributed by atoms with Crippen LogP contribution in [0.4, 0.5) is 24.7 Å². The first kappa shape index (κ1) is 20.9. The number of rotatable bonds is 5. The first-order chi connectivity index (χ1) is 15.9. The van der Waals surface area contributed by atoms with Crippen LogP contribution in [0.15, 0.2) is 49.2 Å². The molecule has 0 unspecified atom stereocenters. The third-order valence-corrected chi connectivity index (χ3v) is 5.07. The van der Waals surface area contributed by atoms with Crippen molar-refractivity contribution < 1.29 is 17.9 Å². The molecule has 0 spiro atoms. The second kappa shape index (κ2) is 8.17. The Bertz CT molecular complexity index is 1510. The molecule has 12 heteroatoms. The molecule has 4 aromatic heterocycles. The van der Waals surface area contributed by atoms with Crippen molar-refractivity contribution >= 4 is 45.3 Å². The summed E-state index contributed by atoms with van der Waals surface area (Å²) in [6, 6.07) is 7.78. The Morgan fingerprint density at radius 2 is 1.91 bits per heavy atom. The average Bonchev–Trinajstić information content (AvgIpc) is 3.23. The first-order valence-electron chi connectivity index (χ1n) is 9.52. The zero-order valence-corrected chi connectivity index (χ0v) is 17.6. The lowest BCUT2D eigenvalue weighted by molar-refractivity contribution is 0.0740. The van der Waals surface area contributed by atoms with Gasteiger partial charge in [-0.1, -0.05) is 11.6 Å². The molecule has 0 saturated heterocycles. The minimum absolute atomic E-state index is 0.0191. The maximum absolute atomic E-state index is 15.1. The summed E-state index contributed by atoms with van der Waals surface area (Å²) < 4.78 is 47.4. The lowest BCUT2D eigenvalue weighted by Gasteiger charge is -2.13. The van der Waals surface area contributed by atoms with Crippen LogP contribution in [-0.2, 0) is 0 Å².